The standard InChI is InChI=1S/C10H19NO2.C2H6/c1-11(2)9-7-5-4-6-8(9)10(12)13-3;1-2/h8-9H,4-7H2,1-3H3;1-2H3. The fourth-order valence-corrected chi connectivity index (χ4v) is 2.16. The number of esters is 1. The lowest BCUT2D eigenvalue weighted by Crippen LogP contribution is -2.41. The van der Waals surface area contributed by atoms with Crippen LogP contribution in [-0.2, 0) is 9.53 Å². The summed E-state index contributed by atoms with van der Waals surface area (Å²) in [4.78, 5) is 13.6. The maximum absolute atomic E-state index is 11.4. The van der Waals surface area contributed by atoms with Crippen molar-refractivity contribution in [1.82, 2.24) is 4.90 Å². The van der Waals surface area contributed by atoms with Crippen LogP contribution in [0, 0.1) is 5.92 Å². The Bertz CT molecular complexity index is 180. The molecule has 0 spiro atoms. The molecular formula is C12H25NO2. The Balaban J connectivity index is 0.000000921. The summed E-state index contributed by atoms with van der Waals surface area (Å²) in [7, 11) is 5.54. The van der Waals surface area contributed by atoms with Gasteiger partial charge < -0.3 is 9.64 Å². The molecular weight excluding hydrogens is 190 g/mol. The second-order valence-corrected chi connectivity index (χ2v) is 3.95. The van der Waals surface area contributed by atoms with Crippen LogP contribution in [0.5, 0.6) is 0 Å². The number of nitrogens with zero attached hydrogens (tertiary/aromatic N) is 1. The van der Waals surface area contributed by atoms with E-state index >= 15 is 0 Å². The van der Waals surface area contributed by atoms with Gasteiger partial charge in [-0.2, -0.15) is 0 Å². The van der Waals surface area contributed by atoms with E-state index in [9.17, 15) is 4.79 Å². The number of ether oxygens (including phenoxy) is 1. The third kappa shape index (κ3) is 4.20. The van der Waals surface area contributed by atoms with E-state index in [1.165, 1.54) is 13.5 Å². The average molecular weight is 215 g/mol. The summed E-state index contributed by atoms with van der Waals surface area (Å²) in [5.41, 5.74) is 0. The summed E-state index contributed by atoms with van der Waals surface area (Å²) >= 11 is 0. The van der Waals surface area contributed by atoms with E-state index in [1.807, 2.05) is 27.9 Å². The maximum atomic E-state index is 11.4. The van der Waals surface area contributed by atoms with Gasteiger partial charge in [-0.25, -0.2) is 0 Å². The molecule has 1 aliphatic rings. The Kier molecular flexibility index (Phi) is 7.39. The van der Waals surface area contributed by atoms with Crippen molar-refractivity contribution in [2.24, 2.45) is 5.92 Å². The molecule has 0 saturated heterocycles. The quantitative estimate of drug-likeness (QED) is 0.662. The minimum atomic E-state index is -0.0431. The Morgan fingerprint density at radius 2 is 1.73 bits per heavy atom. The number of methoxy groups -OCH3 is 1. The van der Waals surface area contributed by atoms with Gasteiger partial charge in [0.1, 0.15) is 0 Å². The van der Waals surface area contributed by atoms with Crippen molar-refractivity contribution in [3.05, 3.63) is 0 Å². The lowest BCUT2D eigenvalue weighted by molar-refractivity contribution is -0.148. The fourth-order valence-electron chi connectivity index (χ4n) is 2.16. The van der Waals surface area contributed by atoms with Crippen molar-refractivity contribution < 1.29 is 9.53 Å². The lowest BCUT2D eigenvalue weighted by atomic mass is 9.84. The topological polar surface area (TPSA) is 29.5 Å². The van der Waals surface area contributed by atoms with Gasteiger partial charge in [0.15, 0.2) is 0 Å². The smallest absolute Gasteiger partial charge is 0.310 e. The van der Waals surface area contributed by atoms with E-state index in [2.05, 4.69) is 4.90 Å². The number of carbonyl (C=O) groups excluding carboxylic acids is 1. The number of carbonyl (C=O) groups is 1. The predicted molar refractivity (Wildman–Crippen MR) is 62.8 cm³/mol. The zero-order valence-corrected chi connectivity index (χ0v) is 10.7. The molecule has 2 unspecified atom stereocenters. The first-order chi connectivity index (χ1) is 7.16. The first-order valence-electron chi connectivity index (χ1n) is 5.91. The SMILES string of the molecule is CC.COC(=O)C1CCCCC1N(C)C. The van der Waals surface area contributed by atoms with Crippen LogP contribution in [-0.4, -0.2) is 38.1 Å². The molecule has 15 heavy (non-hydrogen) atoms. The molecule has 0 radical (unpaired) electrons. The number of hydrogen-bond donors (Lipinski definition) is 0. The van der Waals surface area contributed by atoms with Crippen LogP contribution in [0.15, 0.2) is 0 Å². The molecule has 1 saturated carbocycles. The second-order valence-electron chi connectivity index (χ2n) is 3.95. The Morgan fingerprint density at radius 3 is 2.20 bits per heavy atom. The lowest BCUT2D eigenvalue weighted by Gasteiger charge is -2.34. The molecule has 0 aromatic carbocycles. The van der Waals surface area contributed by atoms with Crippen molar-refractivity contribution in [1.29, 1.82) is 0 Å². The molecule has 90 valence electrons. The summed E-state index contributed by atoms with van der Waals surface area (Å²) in [5.74, 6) is 0.0483. The minimum Gasteiger partial charge on any atom is -0.469 e. The Hall–Kier alpha value is -0.570. The second kappa shape index (κ2) is 7.69. The van der Waals surface area contributed by atoms with E-state index in [0.29, 0.717) is 6.04 Å². The molecule has 3 nitrogen and oxygen atoms in total. The van der Waals surface area contributed by atoms with Gasteiger partial charge in [0, 0.05) is 6.04 Å². The van der Waals surface area contributed by atoms with Gasteiger partial charge in [0.25, 0.3) is 0 Å². The molecule has 0 aromatic heterocycles. The third-order valence-corrected chi connectivity index (χ3v) is 2.90. The van der Waals surface area contributed by atoms with Gasteiger partial charge in [-0.1, -0.05) is 26.7 Å². The van der Waals surface area contributed by atoms with E-state index in [-0.39, 0.29) is 11.9 Å². The van der Waals surface area contributed by atoms with Crippen molar-refractivity contribution in [3.8, 4) is 0 Å². The van der Waals surface area contributed by atoms with E-state index in [1.54, 1.807) is 0 Å². The first kappa shape index (κ1) is 14.4. The van der Waals surface area contributed by atoms with Crippen LogP contribution in [0.3, 0.4) is 0 Å². The van der Waals surface area contributed by atoms with Crippen molar-refractivity contribution >= 4 is 5.97 Å². The maximum Gasteiger partial charge on any atom is 0.310 e. The fraction of sp³-hybridized carbons (Fsp3) is 0.917. The van der Waals surface area contributed by atoms with Gasteiger partial charge in [-0.3, -0.25) is 4.79 Å². The van der Waals surface area contributed by atoms with Crippen molar-refractivity contribution in [2.45, 2.75) is 45.6 Å². The molecule has 0 heterocycles. The molecule has 0 bridgehead atoms. The van der Waals surface area contributed by atoms with Gasteiger partial charge in [0.2, 0.25) is 0 Å². The highest BCUT2D eigenvalue weighted by molar-refractivity contribution is 5.73. The summed E-state index contributed by atoms with van der Waals surface area (Å²) in [6, 6.07) is 0.376. The molecule has 0 N–H and O–H groups in total. The predicted octanol–water partition coefficient (Wildman–Crippen LogP) is 2.31. The molecule has 1 rings (SSSR count). The molecule has 1 aliphatic carbocycles. The molecule has 1 fully saturated rings. The van der Waals surface area contributed by atoms with Crippen LogP contribution in [0.4, 0.5) is 0 Å². The molecule has 3 heteroatoms. The zero-order valence-electron chi connectivity index (χ0n) is 10.7. The minimum absolute atomic E-state index is 0.0431. The van der Waals surface area contributed by atoms with E-state index in [0.717, 1.165) is 19.3 Å². The van der Waals surface area contributed by atoms with Gasteiger partial charge in [-0.05, 0) is 26.9 Å². The monoisotopic (exact) mass is 215 g/mol. The van der Waals surface area contributed by atoms with Crippen LogP contribution < -0.4 is 0 Å². The summed E-state index contributed by atoms with van der Waals surface area (Å²) < 4.78 is 4.80. The molecule has 2 atom stereocenters. The Labute approximate surface area is 93.8 Å². The summed E-state index contributed by atoms with van der Waals surface area (Å²) in [5, 5.41) is 0. The molecule has 0 amide bonds. The van der Waals surface area contributed by atoms with Gasteiger partial charge >= 0.3 is 5.97 Å². The van der Waals surface area contributed by atoms with Crippen molar-refractivity contribution in [2.75, 3.05) is 21.2 Å². The summed E-state index contributed by atoms with van der Waals surface area (Å²) in [6.45, 7) is 4.00. The van der Waals surface area contributed by atoms with Crippen LogP contribution in [0.25, 0.3) is 0 Å². The summed E-state index contributed by atoms with van der Waals surface area (Å²) in [6.07, 6.45) is 4.49. The molecule has 0 aromatic rings. The van der Waals surface area contributed by atoms with E-state index in [4.69, 9.17) is 4.74 Å². The van der Waals surface area contributed by atoms with Crippen LogP contribution >= 0.6 is 0 Å². The molecule has 0 aliphatic heterocycles. The normalized spacial score (nSPS) is 25.5. The van der Waals surface area contributed by atoms with Crippen LogP contribution in [0.1, 0.15) is 39.5 Å². The largest absolute Gasteiger partial charge is 0.469 e. The van der Waals surface area contributed by atoms with Gasteiger partial charge in [0.05, 0.1) is 13.0 Å². The average Bonchev–Trinajstić information content (AvgIpc) is 2.30. The van der Waals surface area contributed by atoms with Gasteiger partial charge in [-0.15, -0.1) is 0 Å². The van der Waals surface area contributed by atoms with Crippen LogP contribution in [0.2, 0.25) is 0 Å². The highest BCUT2D eigenvalue weighted by Crippen LogP contribution is 2.27. The van der Waals surface area contributed by atoms with Crippen molar-refractivity contribution in [3.63, 3.8) is 0 Å². The number of hydrogen-bond acceptors (Lipinski definition) is 3. The highest BCUT2D eigenvalue weighted by atomic mass is 16.5. The zero-order chi connectivity index (χ0) is 11.8. The first-order valence-corrected chi connectivity index (χ1v) is 5.91. The number of rotatable bonds is 2. The third-order valence-electron chi connectivity index (χ3n) is 2.90. The van der Waals surface area contributed by atoms with E-state index < -0.39 is 0 Å². The highest BCUT2D eigenvalue weighted by Gasteiger charge is 2.32. The Morgan fingerprint density at radius 1 is 1.20 bits per heavy atom.